The van der Waals surface area contributed by atoms with E-state index in [4.69, 9.17) is 11.0 Å². The van der Waals surface area contributed by atoms with Gasteiger partial charge in [0.05, 0.1) is 6.42 Å². The van der Waals surface area contributed by atoms with E-state index in [1.165, 1.54) is 6.07 Å². The molecule has 0 aliphatic carbocycles. The predicted molar refractivity (Wildman–Crippen MR) is 73.7 cm³/mol. The fourth-order valence-electron chi connectivity index (χ4n) is 2.26. The summed E-state index contributed by atoms with van der Waals surface area (Å²) in [7, 11) is 1.75. The van der Waals surface area contributed by atoms with E-state index < -0.39 is 0 Å². The van der Waals surface area contributed by atoms with Crippen molar-refractivity contribution in [2.75, 3.05) is 17.7 Å². The quantitative estimate of drug-likeness (QED) is 0.833. The van der Waals surface area contributed by atoms with Crippen LogP contribution >= 0.6 is 0 Å². The molecular weight excluding hydrogens is 254 g/mol. The summed E-state index contributed by atoms with van der Waals surface area (Å²) < 4.78 is 0. The van der Waals surface area contributed by atoms with E-state index in [1.807, 2.05) is 24.3 Å². The molecule has 2 N–H and O–H groups in total. The maximum Gasteiger partial charge on any atom is 0.231 e. The van der Waals surface area contributed by atoms with E-state index in [1.54, 1.807) is 11.9 Å². The van der Waals surface area contributed by atoms with Crippen LogP contribution in [0.3, 0.4) is 0 Å². The maximum absolute atomic E-state index is 11.7. The summed E-state index contributed by atoms with van der Waals surface area (Å²) in [6.07, 6.45) is 0.368. The monoisotopic (exact) mass is 265 g/mol. The Hall–Kier alpha value is -2.94. The minimum Gasteiger partial charge on any atom is -0.384 e. The number of aromatic nitrogens is 2. The van der Waals surface area contributed by atoms with Crippen LogP contribution in [0.5, 0.6) is 0 Å². The topological polar surface area (TPSA) is 95.9 Å². The van der Waals surface area contributed by atoms with Crippen molar-refractivity contribution in [3.05, 3.63) is 35.5 Å². The number of rotatable bonds is 1. The number of amides is 1. The lowest BCUT2D eigenvalue weighted by Crippen LogP contribution is -2.20. The summed E-state index contributed by atoms with van der Waals surface area (Å²) in [6.45, 7) is 0. The summed E-state index contributed by atoms with van der Waals surface area (Å²) >= 11 is 0. The van der Waals surface area contributed by atoms with Crippen molar-refractivity contribution < 1.29 is 4.79 Å². The van der Waals surface area contributed by atoms with Gasteiger partial charge in [0.2, 0.25) is 5.91 Å². The molecule has 3 rings (SSSR count). The van der Waals surface area contributed by atoms with Crippen molar-refractivity contribution in [3.63, 3.8) is 0 Å². The second kappa shape index (κ2) is 4.31. The summed E-state index contributed by atoms with van der Waals surface area (Å²) in [6, 6.07) is 8.92. The largest absolute Gasteiger partial charge is 0.384 e. The number of anilines is 2. The summed E-state index contributed by atoms with van der Waals surface area (Å²) in [4.78, 5) is 21.6. The Kier molecular flexibility index (Phi) is 2.61. The number of benzene rings is 1. The number of carbonyl (C=O) groups excluding carboxylic acids is 1. The maximum atomic E-state index is 11.7. The first-order valence-electron chi connectivity index (χ1n) is 6.03. The molecule has 20 heavy (non-hydrogen) atoms. The Morgan fingerprint density at radius 3 is 2.90 bits per heavy atom. The van der Waals surface area contributed by atoms with E-state index in [0.29, 0.717) is 12.2 Å². The average Bonchev–Trinajstić information content (AvgIpc) is 2.73. The molecule has 2 aromatic rings. The van der Waals surface area contributed by atoms with Crippen molar-refractivity contribution in [1.29, 1.82) is 5.26 Å². The molecule has 1 aliphatic rings. The number of carbonyl (C=O) groups is 1. The summed E-state index contributed by atoms with van der Waals surface area (Å²) in [5.74, 6) is 0.704. The van der Waals surface area contributed by atoms with Crippen molar-refractivity contribution in [3.8, 4) is 17.5 Å². The Morgan fingerprint density at radius 2 is 2.15 bits per heavy atom. The van der Waals surface area contributed by atoms with Gasteiger partial charge < -0.3 is 10.6 Å². The third-order valence-corrected chi connectivity index (χ3v) is 3.28. The molecule has 1 amide bonds. The van der Waals surface area contributed by atoms with Crippen LogP contribution in [0, 0.1) is 11.3 Å². The van der Waals surface area contributed by atoms with Crippen LogP contribution in [-0.2, 0) is 11.2 Å². The van der Waals surface area contributed by atoms with Gasteiger partial charge in [-0.25, -0.2) is 9.97 Å². The Labute approximate surface area is 115 Å². The highest BCUT2D eigenvalue weighted by atomic mass is 16.2. The van der Waals surface area contributed by atoms with Crippen molar-refractivity contribution in [2.24, 2.45) is 0 Å². The molecule has 0 spiro atoms. The smallest absolute Gasteiger partial charge is 0.231 e. The van der Waals surface area contributed by atoms with Gasteiger partial charge in [-0.2, -0.15) is 5.26 Å². The number of nitrogens with two attached hydrogens (primary N) is 1. The van der Waals surface area contributed by atoms with Gasteiger partial charge in [-0.3, -0.25) is 4.79 Å². The third-order valence-electron chi connectivity index (χ3n) is 3.28. The second-order valence-corrected chi connectivity index (χ2v) is 4.59. The van der Waals surface area contributed by atoms with Crippen LogP contribution in [0.1, 0.15) is 11.3 Å². The lowest BCUT2D eigenvalue weighted by Gasteiger charge is -2.10. The fraction of sp³-hybridized carbons (Fsp3) is 0.143. The number of likely N-dealkylation sites (N-methyl/N-ethyl adjacent to an activating group) is 1. The molecule has 1 aromatic carbocycles. The highest BCUT2D eigenvalue weighted by molar-refractivity contribution is 6.01. The zero-order chi connectivity index (χ0) is 14.3. The minimum absolute atomic E-state index is 0.0587. The molecule has 6 nitrogen and oxygen atoms in total. The zero-order valence-electron chi connectivity index (χ0n) is 10.8. The first-order valence-corrected chi connectivity index (χ1v) is 6.03. The molecule has 0 bridgehead atoms. The molecule has 0 unspecified atom stereocenters. The van der Waals surface area contributed by atoms with E-state index in [9.17, 15) is 4.79 Å². The Bertz CT molecular complexity index is 763. The molecule has 1 aliphatic heterocycles. The Morgan fingerprint density at radius 1 is 1.35 bits per heavy atom. The fourth-order valence-corrected chi connectivity index (χ4v) is 2.26. The molecule has 98 valence electrons. The van der Waals surface area contributed by atoms with Gasteiger partial charge in [0.25, 0.3) is 0 Å². The van der Waals surface area contributed by atoms with Crippen molar-refractivity contribution >= 4 is 17.4 Å². The normalized spacial score (nSPS) is 13.2. The highest BCUT2D eigenvalue weighted by Crippen LogP contribution is 2.31. The highest BCUT2D eigenvalue weighted by Gasteiger charge is 2.24. The van der Waals surface area contributed by atoms with Crippen LogP contribution in [0.15, 0.2) is 24.3 Å². The molecule has 0 saturated carbocycles. The molecule has 0 saturated heterocycles. The number of hydrogen-bond donors (Lipinski definition) is 1. The van der Waals surface area contributed by atoms with E-state index in [2.05, 4.69) is 9.97 Å². The van der Waals surface area contributed by atoms with Gasteiger partial charge in [-0.05, 0) is 23.8 Å². The van der Waals surface area contributed by atoms with Crippen molar-refractivity contribution in [1.82, 2.24) is 9.97 Å². The van der Waals surface area contributed by atoms with Crippen LogP contribution in [-0.4, -0.2) is 22.9 Å². The molecule has 0 fully saturated rings. The lowest BCUT2D eigenvalue weighted by atomic mass is 10.1. The summed E-state index contributed by atoms with van der Waals surface area (Å²) in [5, 5.41) is 8.91. The SMILES string of the molecule is CN1C(=O)Cc2cc(-c3nc(N)cc(C#N)n3)ccc21. The molecule has 6 heteroatoms. The number of hydrogen-bond acceptors (Lipinski definition) is 5. The molecule has 0 atom stereocenters. The predicted octanol–water partition coefficient (Wildman–Crippen LogP) is 1.12. The molecule has 2 heterocycles. The second-order valence-electron chi connectivity index (χ2n) is 4.59. The first kappa shape index (κ1) is 12.1. The molecular formula is C14H11N5O. The van der Waals surface area contributed by atoms with E-state index in [-0.39, 0.29) is 17.4 Å². The zero-order valence-corrected chi connectivity index (χ0v) is 10.8. The molecule has 0 radical (unpaired) electrons. The molecule has 1 aromatic heterocycles. The average molecular weight is 265 g/mol. The van der Waals surface area contributed by atoms with Crippen LogP contribution < -0.4 is 10.6 Å². The number of nitrogen functional groups attached to an aromatic ring is 1. The van der Waals surface area contributed by atoms with Gasteiger partial charge in [-0.15, -0.1) is 0 Å². The van der Waals surface area contributed by atoms with Gasteiger partial charge in [0, 0.05) is 24.4 Å². The Balaban J connectivity index is 2.09. The van der Waals surface area contributed by atoms with Crippen LogP contribution in [0.4, 0.5) is 11.5 Å². The van der Waals surface area contributed by atoms with E-state index in [0.717, 1.165) is 16.8 Å². The van der Waals surface area contributed by atoms with Gasteiger partial charge >= 0.3 is 0 Å². The van der Waals surface area contributed by atoms with Crippen LogP contribution in [0.25, 0.3) is 11.4 Å². The lowest BCUT2D eigenvalue weighted by molar-refractivity contribution is -0.117. The standard InChI is InChI=1S/C14H11N5O/c1-19-11-3-2-8(4-9(11)5-13(19)20)14-17-10(7-15)6-12(16)18-14/h2-4,6H,5H2,1H3,(H2,16,17,18). The summed E-state index contributed by atoms with van der Waals surface area (Å²) in [5.41, 5.74) is 8.46. The van der Waals surface area contributed by atoms with E-state index >= 15 is 0 Å². The minimum atomic E-state index is 0.0587. The number of nitrogens with zero attached hydrogens (tertiary/aromatic N) is 4. The van der Waals surface area contributed by atoms with Gasteiger partial charge in [0.15, 0.2) is 5.82 Å². The number of fused-ring (bicyclic) bond motifs is 1. The first-order chi connectivity index (χ1) is 9.58. The number of nitriles is 1. The third kappa shape index (κ3) is 1.86. The van der Waals surface area contributed by atoms with Gasteiger partial charge in [-0.1, -0.05) is 0 Å². The van der Waals surface area contributed by atoms with Crippen molar-refractivity contribution in [2.45, 2.75) is 6.42 Å². The van der Waals surface area contributed by atoms with Gasteiger partial charge in [0.1, 0.15) is 17.6 Å². The van der Waals surface area contributed by atoms with Crippen LogP contribution in [0.2, 0.25) is 0 Å².